The van der Waals surface area contributed by atoms with Crippen LogP contribution in [-0.4, -0.2) is 0 Å². The van der Waals surface area contributed by atoms with Crippen LogP contribution in [-0.2, 0) is 12.6 Å². The standard InChI is InChI=1S/C11H13F4N/c1-3-4-7-5-8(16)10(12)6(2)9(7)11(13,14)15/h5H,3-4,16H2,1-2H3. The van der Waals surface area contributed by atoms with Crippen LogP contribution >= 0.6 is 0 Å². The van der Waals surface area contributed by atoms with Crippen LogP contribution in [0.5, 0.6) is 0 Å². The maximum Gasteiger partial charge on any atom is 0.417 e. The first-order valence-electron chi connectivity index (χ1n) is 4.93. The van der Waals surface area contributed by atoms with Crippen molar-refractivity contribution in [1.29, 1.82) is 0 Å². The largest absolute Gasteiger partial charge is 0.417 e. The first-order chi connectivity index (χ1) is 7.29. The highest BCUT2D eigenvalue weighted by Gasteiger charge is 2.36. The van der Waals surface area contributed by atoms with E-state index in [1.165, 1.54) is 0 Å². The van der Waals surface area contributed by atoms with E-state index in [1.807, 2.05) is 0 Å². The van der Waals surface area contributed by atoms with Crippen LogP contribution in [0.4, 0.5) is 23.2 Å². The molecule has 1 nitrogen and oxygen atoms in total. The van der Waals surface area contributed by atoms with E-state index in [0.29, 0.717) is 6.42 Å². The van der Waals surface area contributed by atoms with Crippen LogP contribution in [0.15, 0.2) is 6.07 Å². The van der Waals surface area contributed by atoms with Gasteiger partial charge < -0.3 is 5.73 Å². The van der Waals surface area contributed by atoms with Crippen molar-refractivity contribution in [1.82, 2.24) is 0 Å². The lowest BCUT2D eigenvalue weighted by molar-refractivity contribution is -0.138. The molecule has 0 fully saturated rings. The van der Waals surface area contributed by atoms with E-state index in [0.717, 1.165) is 13.0 Å². The van der Waals surface area contributed by atoms with Crippen LogP contribution in [0.25, 0.3) is 0 Å². The Labute approximate surface area is 91.3 Å². The molecule has 0 radical (unpaired) electrons. The summed E-state index contributed by atoms with van der Waals surface area (Å²) in [6.45, 7) is 2.86. The Morgan fingerprint density at radius 1 is 1.31 bits per heavy atom. The first-order valence-corrected chi connectivity index (χ1v) is 4.93. The fourth-order valence-electron chi connectivity index (χ4n) is 1.75. The summed E-state index contributed by atoms with van der Waals surface area (Å²) in [5.41, 5.74) is 3.85. The quantitative estimate of drug-likeness (QED) is 0.614. The predicted octanol–water partition coefficient (Wildman–Crippen LogP) is 3.69. The van der Waals surface area contributed by atoms with Crippen molar-refractivity contribution in [2.75, 3.05) is 5.73 Å². The Hall–Kier alpha value is -1.26. The highest BCUT2D eigenvalue weighted by molar-refractivity contribution is 5.52. The van der Waals surface area contributed by atoms with E-state index in [-0.39, 0.29) is 17.7 Å². The SMILES string of the molecule is CCCc1cc(N)c(F)c(C)c1C(F)(F)F. The van der Waals surface area contributed by atoms with Crippen LogP contribution < -0.4 is 5.73 Å². The molecule has 90 valence electrons. The average molecular weight is 235 g/mol. The molecular formula is C11H13F4N. The smallest absolute Gasteiger partial charge is 0.396 e. The third-order valence-corrected chi connectivity index (χ3v) is 2.41. The second-order valence-electron chi connectivity index (χ2n) is 3.69. The Morgan fingerprint density at radius 3 is 2.31 bits per heavy atom. The molecule has 0 atom stereocenters. The van der Waals surface area contributed by atoms with Gasteiger partial charge in [0.1, 0.15) is 5.82 Å². The van der Waals surface area contributed by atoms with Gasteiger partial charge in [-0.15, -0.1) is 0 Å². The lowest BCUT2D eigenvalue weighted by atomic mass is 9.96. The zero-order valence-corrected chi connectivity index (χ0v) is 9.08. The molecule has 0 bridgehead atoms. The van der Waals surface area contributed by atoms with Crippen molar-refractivity contribution in [3.63, 3.8) is 0 Å². The van der Waals surface area contributed by atoms with Gasteiger partial charge in [0.15, 0.2) is 0 Å². The van der Waals surface area contributed by atoms with E-state index in [4.69, 9.17) is 5.73 Å². The summed E-state index contributed by atoms with van der Waals surface area (Å²) in [5, 5.41) is 0. The number of nitrogens with two attached hydrogens (primary N) is 1. The van der Waals surface area contributed by atoms with Crippen molar-refractivity contribution >= 4 is 5.69 Å². The fraction of sp³-hybridized carbons (Fsp3) is 0.455. The number of nitrogen functional groups attached to an aromatic ring is 1. The zero-order chi connectivity index (χ0) is 12.5. The Bertz CT molecular complexity index is 396. The third-order valence-electron chi connectivity index (χ3n) is 2.41. The summed E-state index contributed by atoms with van der Waals surface area (Å²) in [6, 6.07) is 1.08. The van der Waals surface area contributed by atoms with Crippen LogP contribution in [0, 0.1) is 12.7 Å². The monoisotopic (exact) mass is 235 g/mol. The molecule has 2 N–H and O–H groups in total. The number of halogens is 4. The minimum Gasteiger partial charge on any atom is -0.396 e. The van der Waals surface area contributed by atoms with Gasteiger partial charge in [-0.1, -0.05) is 13.3 Å². The van der Waals surface area contributed by atoms with Gasteiger partial charge in [0.05, 0.1) is 11.3 Å². The summed E-state index contributed by atoms with van der Waals surface area (Å²) in [4.78, 5) is 0. The van der Waals surface area contributed by atoms with Crippen LogP contribution in [0.2, 0.25) is 0 Å². The average Bonchev–Trinajstić information content (AvgIpc) is 2.12. The summed E-state index contributed by atoms with van der Waals surface area (Å²) >= 11 is 0. The topological polar surface area (TPSA) is 26.0 Å². The molecule has 0 unspecified atom stereocenters. The van der Waals surface area contributed by atoms with Crippen molar-refractivity contribution < 1.29 is 17.6 Å². The number of hydrogen-bond donors (Lipinski definition) is 1. The number of benzene rings is 1. The molecule has 1 rings (SSSR count). The van der Waals surface area contributed by atoms with Gasteiger partial charge in [0.2, 0.25) is 0 Å². The molecule has 0 amide bonds. The fourth-order valence-corrected chi connectivity index (χ4v) is 1.75. The van der Waals surface area contributed by atoms with E-state index in [1.54, 1.807) is 6.92 Å². The number of anilines is 1. The van der Waals surface area contributed by atoms with Crippen molar-refractivity contribution in [3.05, 3.63) is 28.6 Å². The highest BCUT2D eigenvalue weighted by atomic mass is 19.4. The lowest BCUT2D eigenvalue weighted by Crippen LogP contribution is -2.14. The molecule has 0 saturated carbocycles. The first kappa shape index (κ1) is 12.8. The van der Waals surface area contributed by atoms with Gasteiger partial charge >= 0.3 is 6.18 Å². The highest BCUT2D eigenvalue weighted by Crippen LogP contribution is 2.37. The molecule has 0 heterocycles. The summed E-state index contributed by atoms with van der Waals surface area (Å²) < 4.78 is 51.5. The number of hydrogen-bond acceptors (Lipinski definition) is 1. The second kappa shape index (κ2) is 4.31. The summed E-state index contributed by atoms with van der Waals surface area (Å²) in [6.07, 6.45) is -3.75. The van der Waals surface area contributed by atoms with Gasteiger partial charge in [-0.25, -0.2) is 4.39 Å². The van der Waals surface area contributed by atoms with Gasteiger partial charge in [0, 0.05) is 0 Å². The summed E-state index contributed by atoms with van der Waals surface area (Å²) in [7, 11) is 0. The molecule has 0 aromatic heterocycles. The van der Waals surface area contributed by atoms with E-state index in [9.17, 15) is 17.6 Å². The Kier molecular flexibility index (Phi) is 3.45. The van der Waals surface area contributed by atoms with Gasteiger partial charge in [-0.2, -0.15) is 13.2 Å². The van der Waals surface area contributed by atoms with E-state index in [2.05, 4.69) is 0 Å². The summed E-state index contributed by atoms with van der Waals surface area (Å²) in [5.74, 6) is -0.979. The normalized spacial score (nSPS) is 11.9. The van der Waals surface area contributed by atoms with E-state index >= 15 is 0 Å². The molecule has 0 saturated heterocycles. The molecule has 1 aromatic rings. The number of aryl methyl sites for hydroxylation is 1. The van der Waals surface area contributed by atoms with Gasteiger partial charge in [-0.05, 0) is 30.5 Å². The number of rotatable bonds is 2. The van der Waals surface area contributed by atoms with Gasteiger partial charge in [-0.3, -0.25) is 0 Å². The van der Waals surface area contributed by atoms with Gasteiger partial charge in [0.25, 0.3) is 0 Å². The predicted molar refractivity (Wildman–Crippen MR) is 54.5 cm³/mol. The molecule has 0 aliphatic carbocycles. The van der Waals surface area contributed by atoms with E-state index < -0.39 is 23.1 Å². The van der Waals surface area contributed by atoms with Crippen molar-refractivity contribution in [2.24, 2.45) is 0 Å². The second-order valence-corrected chi connectivity index (χ2v) is 3.69. The zero-order valence-electron chi connectivity index (χ0n) is 9.08. The Morgan fingerprint density at radius 2 is 1.88 bits per heavy atom. The molecule has 0 aliphatic heterocycles. The van der Waals surface area contributed by atoms with Crippen molar-refractivity contribution in [3.8, 4) is 0 Å². The van der Waals surface area contributed by atoms with Crippen LogP contribution in [0.1, 0.15) is 30.0 Å². The number of alkyl halides is 3. The Balaban J connectivity index is 3.48. The molecule has 1 aromatic carbocycles. The minimum atomic E-state index is -4.54. The maximum atomic E-state index is 13.3. The molecule has 5 heteroatoms. The molecule has 16 heavy (non-hydrogen) atoms. The third kappa shape index (κ3) is 2.28. The molecule has 0 aliphatic rings. The maximum absolute atomic E-state index is 13.3. The van der Waals surface area contributed by atoms with Crippen molar-refractivity contribution in [2.45, 2.75) is 32.9 Å². The van der Waals surface area contributed by atoms with Crippen LogP contribution in [0.3, 0.4) is 0 Å². The molecular weight excluding hydrogens is 222 g/mol. The molecule has 0 spiro atoms. The lowest BCUT2D eigenvalue weighted by Gasteiger charge is -2.17. The minimum absolute atomic E-state index is 0.0615.